The maximum atomic E-state index is 5.34. The molecule has 132 valence electrons. The summed E-state index contributed by atoms with van der Waals surface area (Å²) in [4.78, 5) is 4.72. The van der Waals surface area contributed by atoms with Crippen LogP contribution < -0.4 is 10.6 Å². The Kier molecular flexibility index (Phi) is 12.1. The van der Waals surface area contributed by atoms with Gasteiger partial charge in [0.25, 0.3) is 0 Å². The van der Waals surface area contributed by atoms with Crippen LogP contribution in [0.2, 0.25) is 0 Å². The Morgan fingerprint density at radius 3 is 2.43 bits per heavy atom. The van der Waals surface area contributed by atoms with Gasteiger partial charge >= 0.3 is 0 Å². The molecule has 5 heteroatoms. The van der Waals surface area contributed by atoms with E-state index in [1.54, 1.807) is 0 Å². The minimum atomic E-state index is 0. The summed E-state index contributed by atoms with van der Waals surface area (Å²) in [5.41, 5.74) is 1.49. The Morgan fingerprint density at radius 2 is 1.83 bits per heavy atom. The fourth-order valence-corrected chi connectivity index (χ4v) is 2.23. The molecule has 0 aliphatic carbocycles. The fourth-order valence-electron chi connectivity index (χ4n) is 2.23. The van der Waals surface area contributed by atoms with E-state index < -0.39 is 0 Å². The lowest BCUT2D eigenvalue weighted by atomic mass is 9.86. The maximum Gasteiger partial charge on any atom is 0.191 e. The van der Waals surface area contributed by atoms with Crippen molar-refractivity contribution in [3.8, 4) is 0 Å². The highest BCUT2D eigenvalue weighted by Crippen LogP contribution is 2.22. The number of guanidine groups is 1. The third-order valence-corrected chi connectivity index (χ3v) is 3.28. The lowest BCUT2D eigenvalue weighted by Gasteiger charge is -2.23. The van der Waals surface area contributed by atoms with Crippen LogP contribution in [0.4, 0.5) is 0 Å². The second-order valence-corrected chi connectivity index (χ2v) is 6.15. The number of benzene rings is 1. The van der Waals surface area contributed by atoms with Crippen LogP contribution in [0.1, 0.15) is 33.3 Å². The molecule has 0 saturated carbocycles. The molecule has 0 aliphatic rings. The Balaban J connectivity index is 0.00000484. The third kappa shape index (κ3) is 10.5. The first-order chi connectivity index (χ1) is 10.6. The lowest BCUT2D eigenvalue weighted by Crippen LogP contribution is -2.39. The summed E-state index contributed by atoms with van der Waals surface area (Å²) in [6.07, 6.45) is 1.02. The van der Waals surface area contributed by atoms with Crippen molar-refractivity contribution in [2.24, 2.45) is 10.4 Å². The topological polar surface area (TPSA) is 45.7 Å². The van der Waals surface area contributed by atoms with Gasteiger partial charge in [0.05, 0.1) is 6.61 Å². The van der Waals surface area contributed by atoms with Crippen molar-refractivity contribution >= 4 is 29.9 Å². The van der Waals surface area contributed by atoms with Crippen LogP contribution in [0, 0.1) is 5.41 Å². The van der Waals surface area contributed by atoms with E-state index in [-0.39, 0.29) is 29.4 Å². The van der Waals surface area contributed by atoms with Gasteiger partial charge < -0.3 is 15.4 Å². The number of aliphatic imine (C=N–C) groups is 1. The first-order valence-corrected chi connectivity index (χ1v) is 8.21. The van der Waals surface area contributed by atoms with E-state index in [1.807, 2.05) is 6.92 Å². The zero-order valence-corrected chi connectivity index (χ0v) is 17.2. The average Bonchev–Trinajstić information content (AvgIpc) is 2.49. The van der Waals surface area contributed by atoms with Gasteiger partial charge in [-0.2, -0.15) is 0 Å². The number of ether oxygens (including phenoxy) is 1. The Morgan fingerprint density at radius 1 is 1.13 bits per heavy atom. The number of rotatable bonds is 9. The molecule has 0 aliphatic heterocycles. The van der Waals surface area contributed by atoms with Gasteiger partial charge in [0.2, 0.25) is 0 Å². The molecule has 1 rings (SSSR count). The smallest absolute Gasteiger partial charge is 0.191 e. The van der Waals surface area contributed by atoms with Crippen molar-refractivity contribution in [1.82, 2.24) is 10.6 Å². The van der Waals surface area contributed by atoms with Crippen LogP contribution in [0.5, 0.6) is 0 Å². The molecule has 0 aromatic heterocycles. The molecule has 0 unspecified atom stereocenters. The number of halogens is 1. The second kappa shape index (κ2) is 12.6. The van der Waals surface area contributed by atoms with Gasteiger partial charge in [0, 0.05) is 26.2 Å². The molecule has 0 bridgehead atoms. The molecule has 1 aromatic carbocycles. The van der Waals surface area contributed by atoms with E-state index in [1.165, 1.54) is 5.56 Å². The predicted molar refractivity (Wildman–Crippen MR) is 110 cm³/mol. The van der Waals surface area contributed by atoms with Crippen LogP contribution in [0.25, 0.3) is 0 Å². The molecule has 1 aromatic rings. The molecule has 0 amide bonds. The van der Waals surface area contributed by atoms with Crippen molar-refractivity contribution in [3.05, 3.63) is 35.9 Å². The molecule has 23 heavy (non-hydrogen) atoms. The highest BCUT2D eigenvalue weighted by atomic mass is 127. The Hall–Kier alpha value is -0.820. The molecule has 2 N–H and O–H groups in total. The summed E-state index contributed by atoms with van der Waals surface area (Å²) in [6, 6.07) is 10.6. The summed E-state index contributed by atoms with van der Waals surface area (Å²) in [7, 11) is 0. The van der Waals surface area contributed by atoms with Crippen LogP contribution in [-0.2, 0) is 11.2 Å². The molecule has 0 radical (unpaired) electrons. The first kappa shape index (κ1) is 22.2. The van der Waals surface area contributed by atoms with Gasteiger partial charge in [-0.15, -0.1) is 24.0 Å². The number of nitrogens with zero attached hydrogens (tertiary/aromatic N) is 1. The van der Waals surface area contributed by atoms with Gasteiger partial charge in [0.15, 0.2) is 5.96 Å². The Labute approximate surface area is 158 Å². The van der Waals surface area contributed by atoms with Gasteiger partial charge in [-0.05, 0) is 31.2 Å². The average molecular weight is 433 g/mol. The predicted octanol–water partition coefficient (Wildman–Crippen LogP) is 3.46. The van der Waals surface area contributed by atoms with Crippen LogP contribution >= 0.6 is 24.0 Å². The number of hydrogen-bond donors (Lipinski definition) is 2. The summed E-state index contributed by atoms with van der Waals surface area (Å²) in [5.74, 6) is 0.864. The zero-order chi connectivity index (χ0) is 16.3. The molecule has 0 heterocycles. The van der Waals surface area contributed by atoms with E-state index in [0.717, 1.165) is 38.6 Å². The minimum absolute atomic E-state index is 0. The summed E-state index contributed by atoms with van der Waals surface area (Å²) < 4.78 is 5.34. The lowest BCUT2D eigenvalue weighted by molar-refractivity contribution is 0.152. The van der Waals surface area contributed by atoms with Crippen molar-refractivity contribution in [2.75, 3.05) is 32.8 Å². The SMILES string of the molecule is CCNC(=NCC(C)(C)Cc1ccccc1)NCCOCC.I. The largest absolute Gasteiger partial charge is 0.380 e. The van der Waals surface area contributed by atoms with Gasteiger partial charge in [-0.1, -0.05) is 44.2 Å². The van der Waals surface area contributed by atoms with E-state index in [9.17, 15) is 0 Å². The zero-order valence-electron chi connectivity index (χ0n) is 14.9. The van der Waals surface area contributed by atoms with E-state index in [0.29, 0.717) is 6.61 Å². The van der Waals surface area contributed by atoms with Crippen molar-refractivity contribution in [3.63, 3.8) is 0 Å². The second-order valence-electron chi connectivity index (χ2n) is 6.15. The van der Waals surface area contributed by atoms with Gasteiger partial charge in [-0.3, -0.25) is 4.99 Å². The highest BCUT2D eigenvalue weighted by molar-refractivity contribution is 14.0. The summed E-state index contributed by atoms with van der Waals surface area (Å²) >= 11 is 0. The van der Waals surface area contributed by atoms with Gasteiger partial charge in [0.1, 0.15) is 0 Å². The highest BCUT2D eigenvalue weighted by Gasteiger charge is 2.18. The van der Waals surface area contributed by atoms with Gasteiger partial charge in [-0.25, -0.2) is 0 Å². The van der Waals surface area contributed by atoms with Crippen molar-refractivity contribution in [1.29, 1.82) is 0 Å². The standard InChI is InChI=1S/C18H31N3O.HI/c1-5-19-17(20-12-13-22-6-2)21-15-18(3,4)14-16-10-8-7-9-11-16;/h7-11H,5-6,12-15H2,1-4H3,(H2,19,20,21);1H. The molecular weight excluding hydrogens is 401 g/mol. The fraction of sp³-hybridized carbons (Fsp3) is 0.611. The first-order valence-electron chi connectivity index (χ1n) is 8.21. The molecule has 0 spiro atoms. The monoisotopic (exact) mass is 433 g/mol. The summed E-state index contributed by atoms with van der Waals surface area (Å²) in [6.45, 7) is 12.5. The van der Waals surface area contributed by atoms with E-state index in [4.69, 9.17) is 9.73 Å². The molecule has 0 saturated heterocycles. The number of nitrogens with one attached hydrogen (secondary N) is 2. The van der Waals surface area contributed by atoms with Crippen LogP contribution in [0.15, 0.2) is 35.3 Å². The molecular formula is C18H32IN3O. The van der Waals surface area contributed by atoms with Crippen molar-refractivity contribution < 1.29 is 4.74 Å². The number of hydrogen-bond acceptors (Lipinski definition) is 2. The molecule has 0 atom stereocenters. The molecule has 0 fully saturated rings. The minimum Gasteiger partial charge on any atom is -0.380 e. The summed E-state index contributed by atoms with van der Waals surface area (Å²) in [5, 5.41) is 6.59. The van der Waals surface area contributed by atoms with E-state index in [2.05, 4.69) is 61.7 Å². The van der Waals surface area contributed by atoms with Crippen molar-refractivity contribution in [2.45, 2.75) is 34.1 Å². The third-order valence-electron chi connectivity index (χ3n) is 3.28. The maximum absolute atomic E-state index is 5.34. The van der Waals surface area contributed by atoms with E-state index >= 15 is 0 Å². The van der Waals surface area contributed by atoms with Crippen LogP contribution in [-0.4, -0.2) is 38.8 Å². The Bertz CT molecular complexity index is 435. The quantitative estimate of drug-likeness (QED) is 0.271. The molecule has 4 nitrogen and oxygen atoms in total. The van der Waals surface area contributed by atoms with Crippen LogP contribution in [0.3, 0.4) is 0 Å². The normalized spacial score (nSPS) is 11.7.